The molecule has 3 heteroatoms. The average molecular weight is 89.2 g/mol. The lowest BCUT2D eigenvalue weighted by Gasteiger charge is -1.75. The van der Waals surface area contributed by atoms with Gasteiger partial charge in [0.2, 0.25) is 9.92 Å². The smallest absolute Gasteiger partial charge is 0.236 e. The van der Waals surface area contributed by atoms with Gasteiger partial charge in [-0.05, 0) is 0 Å². The Balaban J connectivity index is 2.08. The molecule has 0 bridgehead atoms. The van der Waals surface area contributed by atoms with E-state index in [-0.39, 0.29) is 9.92 Å². The minimum Gasteiger partial charge on any atom is -0.407 e. The first-order valence-electron chi connectivity index (χ1n) is 1.78. The van der Waals surface area contributed by atoms with E-state index in [4.69, 9.17) is 4.43 Å². The topological polar surface area (TPSA) is 21.3 Å². The van der Waals surface area contributed by atoms with E-state index in [9.17, 15) is 0 Å². The summed E-state index contributed by atoms with van der Waals surface area (Å²) in [6, 6.07) is 0. The third kappa shape index (κ3) is 0.716. The molecular formula is C2H7NOSi. The molecule has 30 valence electrons. The van der Waals surface area contributed by atoms with Crippen molar-refractivity contribution in [3.63, 3.8) is 0 Å². The number of hydrogen-bond donors (Lipinski definition) is 1. The van der Waals surface area contributed by atoms with Gasteiger partial charge in [0.15, 0.2) is 0 Å². The molecule has 1 aliphatic rings. The highest BCUT2D eigenvalue weighted by molar-refractivity contribution is 6.24. The fourth-order valence-corrected chi connectivity index (χ4v) is 1.08. The molecule has 0 radical (unpaired) electrons. The van der Waals surface area contributed by atoms with Crippen LogP contribution in [-0.4, -0.2) is 23.1 Å². The quantitative estimate of drug-likeness (QED) is 0.369. The van der Waals surface area contributed by atoms with Crippen molar-refractivity contribution in [3.05, 3.63) is 0 Å². The van der Waals surface area contributed by atoms with Gasteiger partial charge >= 0.3 is 0 Å². The summed E-state index contributed by atoms with van der Waals surface area (Å²) in [4.78, 5) is 3.14. The van der Waals surface area contributed by atoms with Crippen molar-refractivity contribution >= 4 is 9.92 Å². The van der Waals surface area contributed by atoms with Crippen LogP contribution in [0.3, 0.4) is 0 Å². The van der Waals surface area contributed by atoms with Crippen molar-refractivity contribution in [3.8, 4) is 0 Å². The van der Waals surface area contributed by atoms with Crippen LogP contribution in [-0.2, 0) is 4.43 Å². The second kappa shape index (κ2) is 1.54. The predicted octanol–water partition coefficient (Wildman–Crippen LogP) is -1.40. The molecule has 0 aliphatic carbocycles. The monoisotopic (exact) mass is 89.0 g/mol. The maximum atomic E-state index is 4.97. The third-order valence-electron chi connectivity index (χ3n) is 0.627. The summed E-state index contributed by atoms with van der Waals surface area (Å²) in [5.41, 5.74) is 0. The minimum atomic E-state index is -0.207. The Morgan fingerprint density at radius 1 is 1.80 bits per heavy atom. The van der Waals surface area contributed by atoms with Crippen molar-refractivity contribution in [1.29, 1.82) is 0 Å². The van der Waals surface area contributed by atoms with Gasteiger partial charge in [-0.3, -0.25) is 0 Å². The van der Waals surface area contributed by atoms with Gasteiger partial charge in [-0.1, -0.05) is 0 Å². The molecular weight excluding hydrogens is 82.1 g/mol. The van der Waals surface area contributed by atoms with E-state index < -0.39 is 0 Å². The number of hydrogen-bond acceptors (Lipinski definition) is 2. The fourth-order valence-electron chi connectivity index (χ4n) is 0.361. The van der Waals surface area contributed by atoms with Crippen molar-refractivity contribution in [2.24, 2.45) is 0 Å². The van der Waals surface area contributed by atoms with Crippen LogP contribution >= 0.6 is 0 Å². The molecule has 1 aliphatic heterocycles. The summed E-state index contributed by atoms with van der Waals surface area (Å²) in [6.45, 7) is 2.04. The molecule has 0 aromatic heterocycles. The van der Waals surface area contributed by atoms with Crippen LogP contribution in [0.15, 0.2) is 0 Å². The first-order valence-corrected chi connectivity index (χ1v) is 3.07. The first-order chi connectivity index (χ1) is 2.50. The van der Waals surface area contributed by atoms with Crippen molar-refractivity contribution in [2.75, 3.05) is 13.2 Å². The summed E-state index contributed by atoms with van der Waals surface area (Å²) >= 11 is 0. The molecule has 0 aromatic carbocycles. The summed E-state index contributed by atoms with van der Waals surface area (Å²) in [5.74, 6) is 0. The van der Waals surface area contributed by atoms with Crippen LogP contribution in [0.1, 0.15) is 0 Å². The Hall–Kier alpha value is 0.137. The van der Waals surface area contributed by atoms with Gasteiger partial charge in [0.05, 0.1) is 0 Å². The Morgan fingerprint density at radius 2 is 2.80 bits per heavy atom. The molecule has 1 saturated heterocycles. The summed E-state index contributed by atoms with van der Waals surface area (Å²) in [7, 11) is -0.207. The zero-order valence-electron chi connectivity index (χ0n) is 3.03. The number of nitrogens with one attached hydrogen (secondary N) is 1. The van der Waals surface area contributed by atoms with E-state index in [2.05, 4.69) is 4.98 Å². The van der Waals surface area contributed by atoms with Gasteiger partial charge in [-0.15, -0.1) is 0 Å². The highest BCUT2D eigenvalue weighted by atomic mass is 28.2. The SMILES string of the molecule is C1CO[SiH2]N1. The predicted molar refractivity (Wildman–Crippen MR) is 22.5 cm³/mol. The van der Waals surface area contributed by atoms with Gasteiger partial charge in [-0.25, -0.2) is 0 Å². The van der Waals surface area contributed by atoms with Crippen LogP contribution in [0.25, 0.3) is 0 Å². The molecule has 1 N–H and O–H groups in total. The standard InChI is InChI=1S/C2H7NOSi/c1-2-4-5-3-1/h3H,1-2,5H2. The van der Waals surface area contributed by atoms with Gasteiger partial charge in [0, 0.05) is 13.2 Å². The molecule has 0 saturated carbocycles. The second-order valence-electron chi connectivity index (χ2n) is 1.05. The summed E-state index contributed by atoms with van der Waals surface area (Å²) < 4.78 is 4.97. The average Bonchev–Trinajstić information content (AvgIpc) is 1.76. The van der Waals surface area contributed by atoms with Crippen LogP contribution in [0.5, 0.6) is 0 Å². The highest BCUT2D eigenvalue weighted by Crippen LogP contribution is 1.72. The summed E-state index contributed by atoms with van der Waals surface area (Å²) in [5, 5.41) is 0. The largest absolute Gasteiger partial charge is 0.407 e. The molecule has 1 fully saturated rings. The lowest BCUT2D eigenvalue weighted by Crippen LogP contribution is -2.09. The van der Waals surface area contributed by atoms with Crippen molar-refractivity contribution < 1.29 is 4.43 Å². The lowest BCUT2D eigenvalue weighted by molar-refractivity contribution is 0.385. The molecule has 0 unspecified atom stereocenters. The maximum Gasteiger partial charge on any atom is 0.236 e. The van der Waals surface area contributed by atoms with Crippen LogP contribution in [0.2, 0.25) is 0 Å². The molecule has 0 atom stereocenters. The van der Waals surface area contributed by atoms with Gasteiger partial charge in [-0.2, -0.15) is 0 Å². The maximum absolute atomic E-state index is 4.97. The first kappa shape index (κ1) is 3.33. The van der Waals surface area contributed by atoms with E-state index in [0.717, 1.165) is 13.2 Å². The lowest BCUT2D eigenvalue weighted by atomic mass is 10.8. The van der Waals surface area contributed by atoms with Crippen LogP contribution in [0, 0.1) is 0 Å². The van der Waals surface area contributed by atoms with E-state index in [1.807, 2.05) is 0 Å². The summed E-state index contributed by atoms with van der Waals surface area (Å²) in [6.07, 6.45) is 0. The zero-order valence-corrected chi connectivity index (χ0v) is 4.44. The van der Waals surface area contributed by atoms with Crippen molar-refractivity contribution in [1.82, 2.24) is 4.98 Å². The molecule has 0 spiro atoms. The Bertz CT molecular complexity index is 21.2. The third-order valence-corrected chi connectivity index (χ3v) is 1.68. The van der Waals surface area contributed by atoms with Crippen LogP contribution in [0.4, 0.5) is 0 Å². The molecule has 1 heterocycles. The Labute approximate surface area is 33.5 Å². The van der Waals surface area contributed by atoms with Gasteiger partial charge < -0.3 is 9.41 Å². The van der Waals surface area contributed by atoms with Gasteiger partial charge in [0.25, 0.3) is 0 Å². The van der Waals surface area contributed by atoms with Crippen LogP contribution < -0.4 is 4.98 Å². The molecule has 1 rings (SSSR count). The molecule has 5 heavy (non-hydrogen) atoms. The van der Waals surface area contributed by atoms with E-state index in [1.54, 1.807) is 0 Å². The normalized spacial score (nSPS) is 28.8. The molecule has 0 amide bonds. The fraction of sp³-hybridized carbons (Fsp3) is 1.00. The zero-order chi connectivity index (χ0) is 3.54. The van der Waals surface area contributed by atoms with Crippen molar-refractivity contribution in [2.45, 2.75) is 0 Å². The second-order valence-corrected chi connectivity index (χ2v) is 2.25. The molecule has 0 aromatic rings. The van der Waals surface area contributed by atoms with E-state index >= 15 is 0 Å². The number of rotatable bonds is 0. The van der Waals surface area contributed by atoms with E-state index in [0.29, 0.717) is 0 Å². The Morgan fingerprint density at radius 3 is 3.00 bits per heavy atom. The van der Waals surface area contributed by atoms with E-state index in [1.165, 1.54) is 0 Å². The Kier molecular flexibility index (Phi) is 1.03. The van der Waals surface area contributed by atoms with Gasteiger partial charge in [0.1, 0.15) is 0 Å². The highest BCUT2D eigenvalue weighted by Gasteiger charge is 1.93. The molecule has 2 nitrogen and oxygen atoms in total. The minimum absolute atomic E-state index is 0.207.